The van der Waals surface area contributed by atoms with Gasteiger partial charge in [-0.25, -0.2) is 4.99 Å². The Bertz CT molecular complexity index is 759. The highest BCUT2D eigenvalue weighted by molar-refractivity contribution is 8.15. The number of hydrogen-bond donors (Lipinski definition) is 0. The number of amidine groups is 1. The van der Waals surface area contributed by atoms with E-state index in [4.69, 9.17) is 23.2 Å². The Labute approximate surface area is 141 Å². The molecule has 1 aromatic carbocycles. The lowest BCUT2D eigenvalue weighted by molar-refractivity contribution is -0.123. The minimum atomic E-state index is 0.0520. The molecule has 0 atom stereocenters. The second kappa shape index (κ2) is 6.32. The summed E-state index contributed by atoms with van der Waals surface area (Å²) in [4.78, 5) is 17.4. The van der Waals surface area contributed by atoms with Gasteiger partial charge in [-0.15, -0.1) is 0 Å². The quantitative estimate of drug-likeness (QED) is 0.848. The van der Waals surface area contributed by atoms with Crippen LogP contribution >= 0.6 is 35.0 Å². The highest BCUT2D eigenvalue weighted by atomic mass is 35.5. The summed E-state index contributed by atoms with van der Waals surface area (Å²) in [5, 5.41) is 6.25. The van der Waals surface area contributed by atoms with Crippen molar-refractivity contribution in [2.45, 2.75) is 6.54 Å². The molecule has 0 saturated carbocycles. The molecule has 3 rings (SSSR count). The molecule has 0 radical (unpaired) electrons. The second-order valence-electron chi connectivity index (χ2n) is 4.74. The molecule has 1 aromatic heterocycles. The van der Waals surface area contributed by atoms with Crippen LogP contribution in [0.15, 0.2) is 35.5 Å². The number of halogens is 2. The molecule has 0 N–H and O–H groups in total. The average Bonchev–Trinajstić information content (AvgIpc) is 3.04. The van der Waals surface area contributed by atoms with E-state index in [0.29, 0.717) is 33.3 Å². The van der Waals surface area contributed by atoms with Gasteiger partial charge in [-0.3, -0.25) is 14.4 Å². The predicted molar refractivity (Wildman–Crippen MR) is 90.1 cm³/mol. The lowest BCUT2D eigenvalue weighted by Gasteiger charge is -2.06. The van der Waals surface area contributed by atoms with Crippen LogP contribution in [0.1, 0.15) is 5.56 Å². The summed E-state index contributed by atoms with van der Waals surface area (Å²) in [6.45, 7) is 0.531. The van der Waals surface area contributed by atoms with Gasteiger partial charge >= 0.3 is 0 Å². The van der Waals surface area contributed by atoms with E-state index < -0.39 is 0 Å². The van der Waals surface area contributed by atoms with Crippen LogP contribution in [-0.4, -0.2) is 38.6 Å². The number of aliphatic imine (C=N–C) groups is 1. The van der Waals surface area contributed by atoms with Crippen molar-refractivity contribution in [1.29, 1.82) is 0 Å². The van der Waals surface area contributed by atoms with Crippen molar-refractivity contribution < 1.29 is 4.79 Å². The molecular weight excluding hydrogens is 343 g/mol. The second-order valence-corrected chi connectivity index (χ2v) is 6.53. The number of amides is 1. The van der Waals surface area contributed by atoms with Crippen molar-refractivity contribution in [3.63, 3.8) is 0 Å². The first-order valence-electron chi connectivity index (χ1n) is 6.48. The third-order valence-electron chi connectivity index (χ3n) is 3.17. The van der Waals surface area contributed by atoms with Crippen molar-refractivity contribution in [3.05, 3.63) is 46.1 Å². The molecule has 0 spiro atoms. The lowest BCUT2D eigenvalue weighted by atomic mass is 10.2. The topological polar surface area (TPSA) is 50.5 Å². The molecule has 1 fully saturated rings. The Hall–Kier alpha value is -1.50. The van der Waals surface area contributed by atoms with Crippen LogP contribution in [0.3, 0.4) is 0 Å². The van der Waals surface area contributed by atoms with Gasteiger partial charge in [0, 0.05) is 29.4 Å². The van der Waals surface area contributed by atoms with Crippen molar-refractivity contribution in [1.82, 2.24) is 14.7 Å². The summed E-state index contributed by atoms with van der Waals surface area (Å²) >= 11 is 13.5. The highest BCUT2D eigenvalue weighted by Gasteiger charge is 2.24. The number of aromatic nitrogens is 2. The van der Waals surface area contributed by atoms with Crippen molar-refractivity contribution in [3.8, 4) is 0 Å². The van der Waals surface area contributed by atoms with Crippen LogP contribution in [0, 0.1) is 0 Å². The first-order valence-corrected chi connectivity index (χ1v) is 8.22. The van der Waals surface area contributed by atoms with E-state index in [0.717, 1.165) is 5.56 Å². The monoisotopic (exact) mass is 354 g/mol. The van der Waals surface area contributed by atoms with E-state index in [1.54, 1.807) is 34.8 Å². The normalized spacial score (nSPS) is 16.8. The van der Waals surface area contributed by atoms with Crippen molar-refractivity contribution >= 4 is 51.9 Å². The molecular formula is C14H12Cl2N4OS. The number of carbonyl (C=O) groups is 1. The van der Waals surface area contributed by atoms with Gasteiger partial charge in [0.1, 0.15) is 0 Å². The molecule has 0 aliphatic carbocycles. The molecule has 1 saturated heterocycles. The van der Waals surface area contributed by atoms with Crippen molar-refractivity contribution in [2.75, 3.05) is 12.8 Å². The molecule has 114 valence electrons. The van der Waals surface area contributed by atoms with Crippen LogP contribution < -0.4 is 0 Å². The van der Waals surface area contributed by atoms with Gasteiger partial charge in [0.15, 0.2) is 11.0 Å². The molecule has 2 heterocycles. The molecule has 22 heavy (non-hydrogen) atoms. The highest BCUT2D eigenvalue weighted by Crippen LogP contribution is 2.23. The van der Waals surface area contributed by atoms with Crippen LogP contribution in [0.4, 0.5) is 5.82 Å². The Kier molecular flexibility index (Phi) is 4.42. The number of rotatable bonds is 3. The first-order chi connectivity index (χ1) is 10.5. The molecule has 2 aromatic rings. The maximum atomic E-state index is 11.5. The molecule has 0 unspecified atom stereocenters. The van der Waals surface area contributed by atoms with Crippen LogP contribution in [0.25, 0.3) is 0 Å². The van der Waals surface area contributed by atoms with E-state index in [-0.39, 0.29) is 5.91 Å². The number of carbonyl (C=O) groups excluding carboxylic acids is 1. The fraction of sp³-hybridized carbons (Fsp3) is 0.214. The number of hydrogen-bond acceptors (Lipinski definition) is 4. The first kappa shape index (κ1) is 15.4. The molecule has 1 amide bonds. The average molecular weight is 355 g/mol. The Morgan fingerprint density at radius 2 is 2.18 bits per heavy atom. The summed E-state index contributed by atoms with van der Waals surface area (Å²) in [7, 11) is 1.71. The van der Waals surface area contributed by atoms with Gasteiger partial charge in [-0.2, -0.15) is 5.10 Å². The minimum absolute atomic E-state index is 0.0520. The molecule has 5 nitrogen and oxygen atoms in total. The zero-order valence-electron chi connectivity index (χ0n) is 11.7. The van der Waals surface area contributed by atoms with E-state index in [1.807, 2.05) is 12.3 Å². The smallest absolute Gasteiger partial charge is 0.238 e. The largest absolute Gasteiger partial charge is 0.294 e. The molecule has 1 aliphatic rings. The Morgan fingerprint density at radius 1 is 1.36 bits per heavy atom. The summed E-state index contributed by atoms with van der Waals surface area (Å²) in [5.74, 6) is 1.04. The Balaban J connectivity index is 1.77. The lowest BCUT2D eigenvalue weighted by Crippen LogP contribution is -2.24. The molecule has 1 aliphatic heterocycles. The van der Waals surface area contributed by atoms with Gasteiger partial charge in [0.2, 0.25) is 5.91 Å². The summed E-state index contributed by atoms with van der Waals surface area (Å²) < 4.78 is 1.75. The van der Waals surface area contributed by atoms with Crippen LogP contribution in [0.5, 0.6) is 0 Å². The van der Waals surface area contributed by atoms with Gasteiger partial charge in [0.25, 0.3) is 0 Å². The van der Waals surface area contributed by atoms with Crippen LogP contribution in [0.2, 0.25) is 10.0 Å². The van der Waals surface area contributed by atoms with E-state index in [1.165, 1.54) is 11.8 Å². The maximum absolute atomic E-state index is 11.5. The fourth-order valence-electron chi connectivity index (χ4n) is 1.95. The third-order valence-corrected chi connectivity index (χ3v) is 4.77. The standard InChI is InChI=1S/C14H12Cl2N4OS/c1-19-13(21)8-22-14(19)17-12-4-5-20(18-12)7-9-2-3-10(15)6-11(9)16/h2-6H,7-8H2,1H3. The Morgan fingerprint density at radius 3 is 2.86 bits per heavy atom. The van der Waals surface area contributed by atoms with Gasteiger partial charge in [-0.05, 0) is 17.7 Å². The number of thioether (sulfide) groups is 1. The van der Waals surface area contributed by atoms with Gasteiger partial charge in [-0.1, -0.05) is 41.0 Å². The maximum Gasteiger partial charge on any atom is 0.238 e. The zero-order chi connectivity index (χ0) is 15.7. The zero-order valence-corrected chi connectivity index (χ0v) is 14.0. The van der Waals surface area contributed by atoms with Crippen LogP contribution in [-0.2, 0) is 11.3 Å². The number of benzene rings is 1. The van der Waals surface area contributed by atoms with Gasteiger partial charge in [0.05, 0.1) is 12.3 Å². The summed E-state index contributed by atoms with van der Waals surface area (Å²) in [6.07, 6.45) is 1.83. The third kappa shape index (κ3) is 3.29. The van der Waals surface area contributed by atoms with Crippen molar-refractivity contribution in [2.24, 2.45) is 4.99 Å². The van der Waals surface area contributed by atoms with Gasteiger partial charge < -0.3 is 0 Å². The predicted octanol–water partition coefficient (Wildman–Crippen LogP) is 3.43. The van der Waals surface area contributed by atoms with E-state index in [2.05, 4.69) is 10.1 Å². The summed E-state index contributed by atoms with van der Waals surface area (Å²) in [6, 6.07) is 7.17. The summed E-state index contributed by atoms with van der Waals surface area (Å²) in [5.41, 5.74) is 0.927. The SMILES string of the molecule is CN1C(=O)CSC1=Nc1ccn(Cc2ccc(Cl)cc2Cl)n1. The number of nitrogens with zero attached hydrogens (tertiary/aromatic N) is 4. The van der Waals surface area contributed by atoms with E-state index >= 15 is 0 Å². The molecule has 8 heteroatoms. The fourth-order valence-corrected chi connectivity index (χ4v) is 3.32. The van der Waals surface area contributed by atoms with E-state index in [9.17, 15) is 4.79 Å². The minimum Gasteiger partial charge on any atom is -0.294 e. The molecule has 0 bridgehead atoms.